The third kappa shape index (κ3) is 3.05. The van der Waals surface area contributed by atoms with Crippen molar-refractivity contribution in [1.82, 2.24) is 0 Å². The van der Waals surface area contributed by atoms with E-state index in [0.29, 0.717) is 5.02 Å². The summed E-state index contributed by atoms with van der Waals surface area (Å²) in [5.41, 5.74) is 4.10. The van der Waals surface area contributed by atoms with Gasteiger partial charge >= 0.3 is 0 Å². The minimum Gasteiger partial charge on any atom is -0.496 e. The second-order valence-corrected chi connectivity index (χ2v) is 5.48. The molecule has 1 atom stereocenters. The summed E-state index contributed by atoms with van der Waals surface area (Å²) in [6.07, 6.45) is 0. The number of rotatable bonds is 3. The molecule has 0 aliphatic heterocycles. The number of hydrogen-bond donors (Lipinski definition) is 0. The number of benzene rings is 2. The molecular formula is C16H16Cl2O. The van der Waals surface area contributed by atoms with Crippen LogP contribution in [0, 0.1) is 13.8 Å². The maximum absolute atomic E-state index is 6.58. The van der Waals surface area contributed by atoms with Crippen molar-refractivity contribution in [3.05, 3.63) is 63.7 Å². The molecule has 0 bridgehead atoms. The van der Waals surface area contributed by atoms with Crippen molar-refractivity contribution < 1.29 is 4.74 Å². The highest BCUT2D eigenvalue weighted by Gasteiger charge is 2.18. The fourth-order valence-electron chi connectivity index (χ4n) is 2.06. The van der Waals surface area contributed by atoms with Crippen molar-refractivity contribution in [3.63, 3.8) is 0 Å². The predicted octanol–water partition coefficient (Wildman–Crippen LogP) is 5.29. The number of ether oxygens (including phenoxy) is 1. The molecule has 0 radical (unpaired) electrons. The van der Waals surface area contributed by atoms with Crippen LogP contribution in [0.25, 0.3) is 0 Å². The van der Waals surface area contributed by atoms with E-state index in [1.54, 1.807) is 7.11 Å². The average molecular weight is 295 g/mol. The van der Waals surface area contributed by atoms with E-state index in [2.05, 4.69) is 0 Å². The SMILES string of the molecule is COc1ccc(C)cc1C(Cl)c1ccc(C)cc1Cl. The number of methoxy groups -OCH3 is 1. The highest BCUT2D eigenvalue weighted by atomic mass is 35.5. The Kier molecular flexibility index (Phi) is 4.38. The topological polar surface area (TPSA) is 9.23 Å². The largest absolute Gasteiger partial charge is 0.496 e. The molecule has 2 aromatic rings. The zero-order chi connectivity index (χ0) is 14.0. The van der Waals surface area contributed by atoms with E-state index >= 15 is 0 Å². The molecule has 2 rings (SSSR count). The minimum absolute atomic E-state index is 0.317. The van der Waals surface area contributed by atoms with E-state index < -0.39 is 0 Å². The Labute approximate surface area is 124 Å². The van der Waals surface area contributed by atoms with Crippen molar-refractivity contribution in [2.75, 3.05) is 7.11 Å². The van der Waals surface area contributed by atoms with Gasteiger partial charge in [0.15, 0.2) is 0 Å². The molecule has 0 heterocycles. The van der Waals surface area contributed by atoms with Crippen molar-refractivity contribution in [3.8, 4) is 5.75 Å². The van der Waals surface area contributed by atoms with Gasteiger partial charge in [-0.15, -0.1) is 11.6 Å². The van der Waals surface area contributed by atoms with Gasteiger partial charge in [-0.25, -0.2) is 0 Å². The van der Waals surface area contributed by atoms with Gasteiger partial charge in [-0.3, -0.25) is 0 Å². The Morgan fingerprint density at radius 2 is 1.58 bits per heavy atom. The van der Waals surface area contributed by atoms with Crippen LogP contribution in [0.15, 0.2) is 36.4 Å². The lowest BCUT2D eigenvalue weighted by molar-refractivity contribution is 0.410. The van der Waals surface area contributed by atoms with Crippen LogP contribution >= 0.6 is 23.2 Å². The first kappa shape index (κ1) is 14.2. The summed E-state index contributed by atoms with van der Waals surface area (Å²) in [5.74, 6) is 0.780. The van der Waals surface area contributed by atoms with Crippen LogP contribution in [-0.4, -0.2) is 7.11 Å². The highest BCUT2D eigenvalue weighted by molar-refractivity contribution is 6.33. The first-order chi connectivity index (χ1) is 9.02. The lowest BCUT2D eigenvalue weighted by Crippen LogP contribution is -1.99. The average Bonchev–Trinajstić information content (AvgIpc) is 2.38. The summed E-state index contributed by atoms with van der Waals surface area (Å²) in [5, 5.41) is 0.367. The Morgan fingerprint density at radius 3 is 2.21 bits per heavy atom. The molecule has 0 aliphatic rings. The molecule has 0 N–H and O–H groups in total. The molecule has 100 valence electrons. The van der Waals surface area contributed by atoms with E-state index in [4.69, 9.17) is 27.9 Å². The molecule has 1 nitrogen and oxygen atoms in total. The van der Waals surface area contributed by atoms with Gasteiger partial charge in [0.2, 0.25) is 0 Å². The highest BCUT2D eigenvalue weighted by Crippen LogP contribution is 2.38. The van der Waals surface area contributed by atoms with Gasteiger partial charge in [0.25, 0.3) is 0 Å². The Balaban J connectivity index is 2.49. The zero-order valence-corrected chi connectivity index (χ0v) is 12.7. The lowest BCUT2D eigenvalue weighted by Gasteiger charge is -2.16. The second-order valence-electron chi connectivity index (χ2n) is 4.63. The van der Waals surface area contributed by atoms with Gasteiger partial charge in [-0.05, 0) is 37.1 Å². The van der Waals surface area contributed by atoms with Crippen LogP contribution in [0.1, 0.15) is 27.6 Å². The predicted molar refractivity (Wildman–Crippen MR) is 81.6 cm³/mol. The molecule has 0 spiro atoms. The molecular weight excluding hydrogens is 279 g/mol. The van der Waals surface area contributed by atoms with Gasteiger partial charge in [-0.2, -0.15) is 0 Å². The van der Waals surface area contributed by atoms with E-state index in [0.717, 1.165) is 28.0 Å². The van der Waals surface area contributed by atoms with E-state index in [-0.39, 0.29) is 5.38 Å². The quantitative estimate of drug-likeness (QED) is 0.699. The third-order valence-corrected chi connectivity index (χ3v) is 3.88. The number of halogens is 2. The molecule has 0 amide bonds. The molecule has 0 aromatic heterocycles. The molecule has 3 heteroatoms. The first-order valence-corrected chi connectivity index (χ1v) is 6.89. The molecule has 0 saturated heterocycles. The van der Waals surface area contributed by atoms with Crippen molar-refractivity contribution >= 4 is 23.2 Å². The van der Waals surface area contributed by atoms with Crippen LogP contribution in [0.2, 0.25) is 5.02 Å². The van der Waals surface area contributed by atoms with E-state index in [1.807, 2.05) is 50.2 Å². The first-order valence-electron chi connectivity index (χ1n) is 6.07. The fraction of sp³-hybridized carbons (Fsp3) is 0.250. The molecule has 0 saturated carbocycles. The maximum atomic E-state index is 6.58. The summed E-state index contributed by atoms with van der Waals surface area (Å²) in [7, 11) is 1.65. The zero-order valence-electron chi connectivity index (χ0n) is 11.2. The van der Waals surface area contributed by atoms with Gasteiger partial charge in [0.05, 0.1) is 12.5 Å². The van der Waals surface area contributed by atoms with Crippen molar-refractivity contribution in [2.45, 2.75) is 19.2 Å². The maximum Gasteiger partial charge on any atom is 0.123 e. The summed E-state index contributed by atoms with van der Waals surface area (Å²) in [4.78, 5) is 0. The molecule has 0 fully saturated rings. The lowest BCUT2D eigenvalue weighted by atomic mass is 10.0. The van der Waals surface area contributed by atoms with E-state index in [9.17, 15) is 0 Å². The molecule has 2 aromatic carbocycles. The second kappa shape index (κ2) is 5.85. The van der Waals surface area contributed by atoms with E-state index in [1.165, 1.54) is 0 Å². The summed E-state index contributed by atoms with van der Waals surface area (Å²) >= 11 is 12.9. The Bertz CT molecular complexity index is 593. The normalized spacial score (nSPS) is 12.3. The molecule has 0 aliphatic carbocycles. The van der Waals surface area contributed by atoms with Gasteiger partial charge in [0, 0.05) is 10.6 Å². The van der Waals surface area contributed by atoms with Gasteiger partial charge < -0.3 is 4.74 Å². The summed E-state index contributed by atoms with van der Waals surface area (Å²) in [6.45, 7) is 4.04. The number of aryl methyl sites for hydroxylation is 2. The fourth-order valence-corrected chi connectivity index (χ4v) is 2.82. The van der Waals surface area contributed by atoms with Crippen LogP contribution in [-0.2, 0) is 0 Å². The number of alkyl halides is 1. The minimum atomic E-state index is -0.317. The smallest absolute Gasteiger partial charge is 0.123 e. The van der Waals surface area contributed by atoms with Crippen molar-refractivity contribution in [1.29, 1.82) is 0 Å². The van der Waals surface area contributed by atoms with Crippen LogP contribution in [0.4, 0.5) is 0 Å². The molecule has 19 heavy (non-hydrogen) atoms. The van der Waals surface area contributed by atoms with Crippen LogP contribution < -0.4 is 4.74 Å². The van der Waals surface area contributed by atoms with Crippen molar-refractivity contribution in [2.24, 2.45) is 0 Å². The standard InChI is InChI=1S/C16H16Cl2O/c1-10-5-7-15(19-3)13(8-10)16(18)12-6-4-11(2)9-14(12)17/h4-9,16H,1-3H3. The van der Waals surface area contributed by atoms with Crippen LogP contribution in [0.5, 0.6) is 5.75 Å². The van der Waals surface area contributed by atoms with Gasteiger partial charge in [0.1, 0.15) is 5.75 Å². The monoisotopic (exact) mass is 294 g/mol. The summed E-state index contributed by atoms with van der Waals surface area (Å²) in [6, 6.07) is 11.9. The molecule has 1 unspecified atom stereocenters. The Morgan fingerprint density at radius 1 is 0.947 bits per heavy atom. The summed E-state index contributed by atoms with van der Waals surface area (Å²) < 4.78 is 5.38. The third-order valence-electron chi connectivity index (χ3n) is 3.09. The van der Waals surface area contributed by atoms with Gasteiger partial charge in [-0.1, -0.05) is 41.4 Å². The number of hydrogen-bond acceptors (Lipinski definition) is 1. The Hall–Kier alpha value is -1.18. The van der Waals surface area contributed by atoms with Crippen LogP contribution in [0.3, 0.4) is 0 Å².